The molecule has 0 bridgehead atoms. The van der Waals surface area contributed by atoms with Gasteiger partial charge < -0.3 is 15.0 Å². The maximum Gasteiger partial charge on any atom is 0.125 e. The Kier molecular flexibility index (Phi) is 2.15. The van der Waals surface area contributed by atoms with E-state index in [0.717, 1.165) is 36.7 Å². The van der Waals surface area contributed by atoms with E-state index in [1.165, 1.54) is 0 Å². The van der Waals surface area contributed by atoms with E-state index in [4.69, 9.17) is 0 Å². The maximum absolute atomic E-state index is 9.76. The first-order valence-corrected chi connectivity index (χ1v) is 5.40. The average Bonchev–Trinajstić information content (AvgIpc) is 2.73. The number of aromatic nitrogens is 2. The number of para-hydroxylation sites is 1. The van der Waals surface area contributed by atoms with Gasteiger partial charge in [0.05, 0.1) is 12.2 Å². The van der Waals surface area contributed by atoms with Gasteiger partial charge in [-0.3, -0.25) is 0 Å². The molecule has 0 spiro atoms. The second-order valence-electron chi connectivity index (χ2n) is 3.93. The van der Waals surface area contributed by atoms with Crippen LogP contribution in [0.15, 0.2) is 30.5 Å². The third-order valence-corrected chi connectivity index (χ3v) is 2.85. The van der Waals surface area contributed by atoms with Crippen LogP contribution in [0.1, 0.15) is 5.82 Å². The summed E-state index contributed by atoms with van der Waals surface area (Å²) in [5.74, 6) is 1.32. The van der Waals surface area contributed by atoms with Crippen LogP contribution in [-0.2, 0) is 13.1 Å². The lowest BCUT2D eigenvalue weighted by Gasteiger charge is -2.13. The van der Waals surface area contributed by atoms with Crippen LogP contribution < -0.4 is 5.32 Å². The van der Waals surface area contributed by atoms with Gasteiger partial charge in [-0.25, -0.2) is 4.98 Å². The fourth-order valence-electron chi connectivity index (χ4n) is 2.01. The Bertz CT molecular complexity index is 495. The van der Waals surface area contributed by atoms with Crippen molar-refractivity contribution in [1.29, 1.82) is 0 Å². The highest BCUT2D eigenvalue weighted by molar-refractivity contribution is 5.66. The van der Waals surface area contributed by atoms with Crippen LogP contribution in [0, 0.1) is 0 Å². The molecule has 0 fully saturated rings. The second kappa shape index (κ2) is 3.64. The van der Waals surface area contributed by atoms with Crippen molar-refractivity contribution in [3.05, 3.63) is 36.3 Å². The lowest BCUT2D eigenvalue weighted by Crippen LogP contribution is -2.27. The summed E-state index contributed by atoms with van der Waals surface area (Å²) in [7, 11) is 0. The molecule has 0 saturated carbocycles. The zero-order chi connectivity index (χ0) is 11.0. The number of aromatic hydroxyl groups is 1. The van der Waals surface area contributed by atoms with Gasteiger partial charge in [0, 0.05) is 24.8 Å². The summed E-state index contributed by atoms with van der Waals surface area (Å²) in [6, 6.07) is 7.30. The molecule has 2 heterocycles. The molecule has 0 radical (unpaired) electrons. The van der Waals surface area contributed by atoms with Crippen molar-refractivity contribution in [2.45, 2.75) is 13.1 Å². The van der Waals surface area contributed by atoms with E-state index in [9.17, 15) is 5.11 Å². The Labute approximate surface area is 93.6 Å². The van der Waals surface area contributed by atoms with Crippen LogP contribution in [0.25, 0.3) is 11.3 Å². The van der Waals surface area contributed by atoms with E-state index in [2.05, 4.69) is 14.9 Å². The van der Waals surface area contributed by atoms with Crippen molar-refractivity contribution < 1.29 is 5.11 Å². The van der Waals surface area contributed by atoms with Crippen molar-refractivity contribution in [3.63, 3.8) is 0 Å². The second-order valence-corrected chi connectivity index (χ2v) is 3.93. The SMILES string of the molecule is Oc1ccccc1-c1cn2c(n1)CNCC2. The molecule has 16 heavy (non-hydrogen) atoms. The Morgan fingerprint density at radius 3 is 3.00 bits per heavy atom. The molecule has 0 saturated heterocycles. The van der Waals surface area contributed by atoms with Gasteiger partial charge in [-0.15, -0.1) is 0 Å². The van der Waals surface area contributed by atoms with E-state index in [1.807, 2.05) is 24.4 Å². The number of nitrogens with zero attached hydrogens (tertiary/aromatic N) is 2. The Morgan fingerprint density at radius 2 is 2.19 bits per heavy atom. The average molecular weight is 215 g/mol. The molecule has 4 nitrogen and oxygen atoms in total. The van der Waals surface area contributed by atoms with Gasteiger partial charge in [0.1, 0.15) is 11.6 Å². The van der Waals surface area contributed by atoms with E-state index in [-0.39, 0.29) is 5.75 Å². The molecule has 0 unspecified atom stereocenters. The smallest absolute Gasteiger partial charge is 0.125 e. The molecule has 4 heteroatoms. The molecular formula is C12H13N3O. The molecule has 1 aromatic heterocycles. The van der Waals surface area contributed by atoms with E-state index in [1.54, 1.807) is 6.07 Å². The van der Waals surface area contributed by atoms with Gasteiger partial charge in [-0.05, 0) is 12.1 Å². The number of imidazole rings is 1. The zero-order valence-electron chi connectivity index (χ0n) is 8.85. The number of phenols is 1. The molecule has 1 aromatic carbocycles. The highest BCUT2D eigenvalue weighted by atomic mass is 16.3. The maximum atomic E-state index is 9.76. The number of phenolic OH excluding ortho intramolecular Hbond substituents is 1. The molecule has 82 valence electrons. The molecule has 3 rings (SSSR count). The highest BCUT2D eigenvalue weighted by Gasteiger charge is 2.14. The molecule has 0 aliphatic carbocycles. The fraction of sp³-hybridized carbons (Fsp3) is 0.250. The number of hydrogen-bond donors (Lipinski definition) is 2. The lowest BCUT2D eigenvalue weighted by molar-refractivity contribution is 0.477. The van der Waals surface area contributed by atoms with Crippen LogP contribution in [0.3, 0.4) is 0 Å². The Balaban J connectivity index is 2.07. The lowest BCUT2D eigenvalue weighted by atomic mass is 10.1. The predicted octanol–water partition coefficient (Wildman–Crippen LogP) is 1.36. The van der Waals surface area contributed by atoms with Crippen LogP contribution in [-0.4, -0.2) is 21.2 Å². The normalized spacial score (nSPS) is 14.8. The summed E-state index contributed by atoms with van der Waals surface area (Å²) in [5.41, 5.74) is 1.64. The van der Waals surface area contributed by atoms with E-state index < -0.39 is 0 Å². The zero-order valence-corrected chi connectivity index (χ0v) is 8.85. The standard InChI is InChI=1S/C12H13N3O/c16-11-4-2-1-3-9(11)10-8-15-6-5-13-7-12(15)14-10/h1-4,8,13,16H,5-7H2. The van der Waals surface area contributed by atoms with Crippen LogP contribution in [0.2, 0.25) is 0 Å². The first-order chi connectivity index (χ1) is 7.84. The summed E-state index contributed by atoms with van der Waals surface area (Å²) in [5, 5.41) is 13.0. The van der Waals surface area contributed by atoms with Gasteiger partial charge >= 0.3 is 0 Å². The highest BCUT2D eigenvalue weighted by Crippen LogP contribution is 2.28. The minimum Gasteiger partial charge on any atom is -0.507 e. The van der Waals surface area contributed by atoms with Crippen LogP contribution in [0.5, 0.6) is 5.75 Å². The minimum atomic E-state index is 0.283. The third-order valence-electron chi connectivity index (χ3n) is 2.85. The van der Waals surface area contributed by atoms with Crippen molar-refractivity contribution in [1.82, 2.24) is 14.9 Å². The minimum absolute atomic E-state index is 0.283. The first-order valence-electron chi connectivity index (χ1n) is 5.40. The molecule has 1 aliphatic heterocycles. The molecule has 0 atom stereocenters. The largest absolute Gasteiger partial charge is 0.507 e. The first kappa shape index (κ1) is 9.42. The number of benzene rings is 1. The molecule has 1 aliphatic rings. The van der Waals surface area contributed by atoms with Gasteiger partial charge in [0.2, 0.25) is 0 Å². The molecule has 2 aromatic rings. The summed E-state index contributed by atoms with van der Waals surface area (Å²) in [6.07, 6.45) is 2.01. The van der Waals surface area contributed by atoms with Crippen molar-refractivity contribution in [2.24, 2.45) is 0 Å². The molecule has 2 N–H and O–H groups in total. The summed E-state index contributed by atoms with van der Waals surface area (Å²) in [6.45, 7) is 2.72. The van der Waals surface area contributed by atoms with Gasteiger partial charge in [-0.1, -0.05) is 12.1 Å². The van der Waals surface area contributed by atoms with Crippen LogP contribution >= 0.6 is 0 Å². The monoisotopic (exact) mass is 215 g/mol. The number of hydrogen-bond acceptors (Lipinski definition) is 3. The van der Waals surface area contributed by atoms with Crippen molar-refractivity contribution in [3.8, 4) is 17.0 Å². The van der Waals surface area contributed by atoms with Gasteiger partial charge in [0.25, 0.3) is 0 Å². The number of fused-ring (bicyclic) bond motifs is 1. The topological polar surface area (TPSA) is 50.1 Å². The van der Waals surface area contributed by atoms with Gasteiger partial charge in [-0.2, -0.15) is 0 Å². The number of nitrogens with one attached hydrogen (secondary N) is 1. The quantitative estimate of drug-likeness (QED) is 0.755. The third kappa shape index (κ3) is 1.47. The molecular weight excluding hydrogens is 202 g/mol. The fourth-order valence-corrected chi connectivity index (χ4v) is 2.01. The number of rotatable bonds is 1. The summed E-state index contributed by atoms with van der Waals surface area (Å²) in [4.78, 5) is 4.52. The van der Waals surface area contributed by atoms with Crippen molar-refractivity contribution in [2.75, 3.05) is 6.54 Å². The van der Waals surface area contributed by atoms with E-state index >= 15 is 0 Å². The molecule has 0 amide bonds. The summed E-state index contributed by atoms with van der Waals surface area (Å²) >= 11 is 0. The van der Waals surface area contributed by atoms with Crippen molar-refractivity contribution >= 4 is 0 Å². The van der Waals surface area contributed by atoms with Crippen LogP contribution in [0.4, 0.5) is 0 Å². The predicted molar refractivity (Wildman–Crippen MR) is 61.0 cm³/mol. The van der Waals surface area contributed by atoms with Gasteiger partial charge in [0.15, 0.2) is 0 Å². The Hall–Kier alpha value is -1.81. The van der Waals surface area contributed by atoms with E-state index in [0.29, 0.717) is 0 Å². The summed E-state index contributed by atoms with van der Waals surface area (Å²) < 4.78 is 2.14. The Morgan fingerprint density at radius 1 is 1.31 bits per heavy atom.